The molecule has 0 saturated carbocycles. The minimum atomic E-state index is 0.628. The van der Waals surface area contributed by atoms with Gasteiger partial charge in [-0.2, -0.15) is 0 Å². The first-order valence-corrected chi connectivity index (χ1v) is 5.15. The lowest BCUT2D eigenvalue weighted by atomic mass is 10.1. The van der Waals surface area contributed by atoms with Crippen LogP contribution in [0.25, 0.3) is 0 Å². The first-order valence-electron chi connectivity index (χ1n) is 5.15. The zero-order chi connectivity index (χ0) is 10.6. The van der Waals surface area contributed by atoms with Crippen molar-refractivity contribution < 1.29 is 0 Å². The Morgan fingerprint density at radius 1 is 1.43 bits per heavy atom. The van der Waals surface area contributed by atoms with E-state index < -0.39 is 0 Å². The monoisotopic (exact) mass is 193 g/mol. The van der Waals surface area contributed by atoms with Crippen LogP contribution >= 0.6 is 0 Å². The second-order valence-electron chi connectivity index (χ2n) is 4.03. The summed E-state index contributed by atoms with van der Waals surface area (Å²) in [4.78, 5) is 8.89. The van der Waals surface area contributed by atoms with Crippen LogP contribution < -0.4 is 5.73 Å². The molecule has 0 radical (unpaired) electrons. The molecule has 2 N–H and O–H groups in total. The van der Waals surface area contributed by atoms with Gasteiger partial charge in [0.15, 0.2) is 0 Å². The molecule has 0 atom stereocenters. The zero-order valence-electron chi connectivity index (χ0n) is 9.25. The molecule has 3 nitrogen and oxygen atoms in total. The van der Waals surface area contributed by atoms with Crippen molar-refractivity contribution in [3.63, 3.8) is 0 Å². The molecule has 0 amide bonds. The number of aromatic nitrogens is 2. The fourth-order valence-electron chi connectivity index (χ4n) is 1.41. The van der Waals surface area contributed by atoms with Crippen molar-refractivity contribution in [2.45, 2.75) is 33.6 Å². The van der Waals surface area contributed by atoms with Gasteiger partial charge < -0.3 is 5.73 Å². The maximum Gasteiger partial charge on any atom is 0.0618 e. The number of hydrogen-bond donors (Lipinski definition) is 1. The topological polar surface area (TPSA) is 51.8 Å². The van der Waals surface area contributed by atoms with Gasteiger partial charge >= 0.3 is 0 Å². The summed E-state index contributed by atoms with van der Waals surface area (Å²) in [6, 6.07) is 0. The van der Waals surface area contributed by atoms with Gasteiger partial charge in [0.2, 0.25) is 0 Å². The third-order valence-electron chi connectivity index (χ3n) is 2.10. The quantitative estimate of drug-likeness (QED) is 0.788. The van der Waals surface area contributed by atoms with Crippen LogP contribution in [0, 0.1) is 12.8 Å². The zero-order valence-corrected chi connectivity index (χ0v) is 9.25. The maximum atomic E-state index is 5.46. The Balaban J connectivity index is 2.79. The molecule has 0 fully saturated rings. The highest BCUT2D eigenvalue weighted by Crippen LogP contribution is 2.09. The van der Waals surface area contributed by atoms with Crippen molar-refractivity contribution >= 4 is 0 Å². The van der Waals surface area contributed by atoms with E-state index in [-0.39, 0.29) is 0 Å². The van der Waals surface area contributed by atoms with Gasteiger partial charge in [-0.3, -0.25) is 9.97 Å². The maximum absolute atomic E-state index is 5.46. The van der Waals surface area contributed by atoms with E-state index in [1.54, 1.807) is 0 Å². The molecule has 78 valence electrons. The van der Waals surface area contributed by atoms with Gasteiger partial charge in [-0.25, -0.2) is 0 Å². The Labute approximate surface area is 85.8 Å². The van der Waals surface area contributed by atoms with Gasteiger partial charge in [0.25, 0.3) is 0 Å². The van der Waals surface area contributed by atoms with E-state index in [1.807, 2.05) is 13.1 Å². The van der Waals surface area contributed by atoms with E-state index in [9.17, 15) is 0 Å². The summed E-state index contributed by atoms with van der Waals surface area (Å²) >= 11 is 0. The number of rotatable bonds is 4. The summed E-state index contributed by atoms with van der Waals surface area (Å²) in [5.74, 6) is 0.628. The lowest BCUT2D eigenvalue weighted by Gasteiger charge is -2.08. The van der Waals surface area contributed by atoms with Gasteiger partial charge in [-0.1, -0.05) is 13.8 Å². The highest BCUT2D eigenvalue weighted by Gasteiger charge is 2.05. The molecule has 1 aromatic heterocycles. The fraction of sp³-hybridized carbons (Fsp3) is 0.636. The third-order valence-corrected chi connectivity index (χ3v) is 2.10. The Morgan fingerprint density at radius 2 is 2.14 bits per heavy atom. The first kappa shape index (κ1) is 11.1. The second kappa shape index (κ2) is 5.05. The van der Waals surface area contributed by atoms with Crippen LogP contribution in [-0.4, -0.2) is 16.5 Å². The van der Waals surface area contributed by atoms with E-state index in [4.69, 9.17) is 5.73 Å². The van der Waals surface area contributed by atoms with Crippen molar-refractivity contribution in [3.05, 3.63) is 23.3 Å². The first-order chi connectivity index (χ1) is 6.63. The predicted molar refractivity (Wildman–Crippen MR) is 58.1 cm³/mol. The summed E-state index contributed by atoms with van der Waals surface area (Å²) in [6.07, 6.45) is 3.66. The average molecular weight is 193 g/mol. The Morgan fingerprint density at radius 3 is 2.64 bits per heavy atom. The van der Waals surface area contributed by atoms with Crippen molar-refractivity contribution in [3.8, 4) is 0 Å². The number of nitrogens with two attached hydrogens (primary N) is 1. The van der Waals surface area contributed by atoms with Crippen molar-refractivity contribution in [2.24, 2.45) is 11.7 Å². The molecule has 1 heterocycles. The van der Waals surface area contributed by atoms with Crippen LogP contribution in [0.3, 0.4) is 0 Å². The molecule has 0 unspecified atom stereocenters. The van der Waals surface area contributed by atoms with E-state index in [0.29, 0.717) is 12.5 Å². The lowest BCUT2D eigenvalue weighted by molar-refractivity contribution is 0.627. The van der Waals surface area contributed by atoms with Crippen molar-refractivity contribution in [2.75, 3.05) is 6.54 Å². The molecule has 0 aliphatic carbocycles. The Kier molecular flexibility index (Phi) is 4.01. The number of aryl methyl sites for hydroxylation is 1. The molecule has 0 aliphatic rings. The number of hydrogen-bond acceptors (Lipinski definition) is 3. The average Bonchev–Trinajstić information content (AvgIpc) is 2.10. The van der Waals surface area contributed by atoms with Crippen molar-refractivity contribution in [1.82, 2.24) is 9.97 Å². The van der Waals surface area contributed by atoms with Crippen LogP contribution in [0.2, 0.25) is 0 Å². The molecule has 0 bridgehead atoms. The molecular weight excluding hydrogens is 174 g/mol. The van der Waals surface area contributed by atoms with Gasteiger partial charge in [0, 0.05) is 12.6 Å². The van der Waals surface area contributed by atoms with Gasteiger partial charge in [0.05, 0.1) is 17.1 Å². The van der Waals surface area contributed by atoms with Gasteiger partial charge in [0.1, 0.15) is 0 Å². The van der Waals surface area contributed by atoms with Crippen LogP contribution in [0.4, 0.5) is 0 Å². The van der Waals surface area contributed by atoms with Gasteiger partial charge in [-0.15, -0.1) is 0 Å². The molecular formula is C11H19N3. The summed E-state index contributed by atoms with van der Waals surface area (Å²) in [5.41, 5.74) is 8.62. The van der Waals surface area contributed by atoms with Crippen LogP contribution in [0.15, 0.2) is 6.20 Å². The highest BCUT2D eigenvalue weighted by molar-refractivity contribution is 5.13. The minimum Gasteiger partial charge on any atom is -0.330 e. The van der Waals surface area contributed by atoms with E-state index >= 15 is 0 Å². The van der Waals surface area contributed by atoms with Gasteiger partial charge in [-0.05, 0) is 25.8 Å². The van der Waals surface area contributed by atoms with Crippen LogP contribution in [0.5, 0.6) is 0 Å². The second-order valence-corrected chi connectivity index (χ2v) is 4.03. The molecule has 0 aromatic carbocycles. The van der Waals surface area contributed by atoms with E-state index in [0.717, 1.165) is 29.9 Å². The standard InChI is InChI=1S/C11H19N3/c1-8(2)6-11-9(3)14-10(4-5-12)7-13-11/h7-8H,4-6,12H2,1-3H3. The third kappa shape index (κ3) is 3.07. The van der Waals surface area contributed by atoms with Crippen LogP contribution in [-0.2, 0) is 12.8 Å². The lowest BCUT2D eigenvalue weighted by Crippen LogP contribution is -2.08. The van der Waals surface area contributed by atoms with E-state index in [2.05, 4.69) is 23.8 Å². The molecule has 3 heteroatoms. The minimum absolute atomic E-state index is 0.628. The molecule has 0 spiro atoms. The summed E-state index contributed by atoms with van der Waals surface area (Å²) < 4.78 is 0. The molecule has 0 saturated heterocycles. The summed E-state index contributed by atoms with van der Waals surface area (Å²) in [7, 11) is 0. The largest absolute Gasteiger partial charge is 0.330 e. The fourth-order valence-corrected chi connectivity index (χ4v) is 1.41. The Hall–Kier alpha value is -0.960. The number of nitrogens with zero attached hydrogens (tertiary/aromatic N) is 2. The summed E-state index contributed by atoms with van der Waals surface area (Å²) in [6.45, 7) is 7.03. The molecule has 1 aromatic rings. The smallest absolute Gasteiger partial charge is 0.0618 e. The molecule has 1 rings (SSSR count). The predicted octanol–water partition coefficient (Wildman–Crippen LogP) is 1.48. The normalized spacial score (nSPS) is 10.9. The molecule has 14 heavy (non-hydrogen) atoms. The Bertz CT molecular complexity index is 295. The van der Waals surface area contributed by atoms with E-state index in [1.165, 1.54) is 0 Å². The molecule has 0 aliphatic heterocycles. The van der Waals surface area contributed by atoms with Crippen LogP contribution in [0.1, 0.15) is 30.9 Å². The SMILES string of the molecule is Cc1nc(CCN)cnc1CC(C)C. The summed E-state index contributed by atoms with van der Waals surface area (Å²) in [5, 5.41) is 0. The van der Waals surface area contributed by atoms with Crippen molar-refractivity contribution in [1.29, 1.82) is 0 Å². The highest BCUT2D eigenvalue weighted by atomic mass is 14.8.